The van der Waals surface area contributed by atoms with E-state index in [0.29, 0.717) is 0 Å². The lowest BCUT2D eigenvalue weighted by Gasteiger charge is -2.26. The van der Waals surface area contributed by atoms with Gasteiger partial charge in [-0.05, 0) is 110 Å². The van der Waals surface area contributed by atoms with Crippen LogP contribution in [0, 0.1) is 0 Å². The first-order valence-corrected chi connectivity index (χ1v) is 18.5. The third kappa shape index (κ3) is 4.90. The van der Waals surface area contributed by atoms with E-state index in [2.05, 4.69) is 195 Å². The molecule has 0 saturated carbocycles. The van der Waals surface area contributed by atoms with E-state index < -0.39 is 0 Å². The molecule has 0 atom stereocenters. The van der Waals surface area contributed by atoms with Crippen LogP contribution in [0.2, 0.25) is 0 Å². The fraction of sp³-hybridized carbons (Fsp3) is 0.0612. The Morgan fingerprint density at radius 3 is 1.94 bits per heavy atom. The molecule has 0 bridgehead atoms. The lowest BCUT2D eigenvalue weighted by molar-refractivity contribution is 0.660. The second-order valence-corrected chi connectivity index (χ2v) is 15.3. The normalized spacial score (nSPS) is 13.1. The highest BCUT2D eigenvalue weighted by Crippen LogP contribution is 2.50. The van der Waals surface area contributed by atoms with Crippen molar-refractivity contribution in [3.8, 4) is 33.4 Å². The van der Waals surface area contributed by atoms with Crippen molar-refractivity contribution in [3.63, 3.8) is 0 Å². The second kappa shape index (κ2) is 11.6. The van der Waals surface area contributed by atoms with Gasteiger partial charge in [0.1, 0.15) is 0 Å². The van der Waals surface area contributed by atoms with E-state index >= 15 is 0 Å². The average molecular weight is 670 g/mol. The summed E-state index contributed by atoms with van der Waals surface area (Å²) in [5.41, 5.74) is 13.8. The highest BCUT2D eigenvalue weighted by atomic mass is 32.1. The van der Waals surface area contributed by atoms with Crippen LogP contribution < -0.4 is 4.90 Å². The maximum Gasteiger partial charge on any atom is 0.0476 e. The molecule has 1 aliphatic rings. The largest absolute Gasteiger partial charge is 0.310 e. The zero-order valence-corrected chi connectivity index (χ0v) is 29.4. The number of thiophene rings is 1. The average Bonchev–Trinajstić information content (AvgIpc) is 3.66. The third-order valence-electron chi connectivity index (χ3n) is 10.9. The van der Waals surface area contributed by atoms with Gasteiger partial charge in [-0.25, -0.2) is 0 Å². The van der Waals surface area contributed by atoms with Gasteiger partial charge in [0, 0.05) is 42.6 Å². The van der Waals surface area contributed by atoms with Gasteiger partial charge in [-0.15, -0.1) is 11.3 Å². The van der Waals surface area contributed by atoms with Gasteiger partial charge >= 0.3 is 0 Å². The van der Waals surface area contributed by atoms with Gasteiger partial charge in [-0.2, -0.15) is 0 Å². The molecule has 51 heavy (non-hydrogen) atoms. The van der Waals surface area contributed by atoms with Gasteiger partial charge in [0.2, 0.25) is 0 Å². The Bertz CT molecular complexity index is 2780. The highest BCUT2D eigenvalue weighted by molar-refractivity contribution is 7.25. The van der Waals surface area contributed by atoms with Crippen LogP contribution >= 0.6 is 11.3 Å². The number of anilines is 3. The van der Waals surface area contributed by atoms with Crippen molar-refractivity contribution in [1.82, 2.24) is 0 Å². The lowest BCUT2D eigenvalue weighted by Crippen LogP contribution is -2.14. The van der Waals surface area contributed by atoms with E-state index in [-0.39, 0.29) is 5.41 Å². The molecule has 0 unspecified atom stereocenters. The molecule has 8 aromatic carbocycles. The quantitative estimate of drug-likeness (QED) is 0.176. The number of rotatable bonds is 5. The molecule has 2 heteroatoms. The minimum absolute atomic E-state index is 0.0278. The topological polar surface area (TPSA) is 3.24 Å². The number of hydrogen-bond acceptors (Lipinski definition) is 2. The fourth-order valence-corrected chi connectivity index (χ4v) is 9.32. The van der Waals surface area contributed by atoms with Crippen LogP contribution in [0.5, 0.6) is 0 Å². The molecule has 9 aromatic rings. The van der Waals surface area contributed by atoms with Crippen molar-refractivity contribution >= 4 is 59.3 Å². The van der Waals surface area contributed by atoms with Crippen molar-refractivity contribution in [2.45, 2.75) is 19.3 Å². The monoisotopic (exact) mass is 669 g/mol. The third-order valence-corrected chi connectivity index (χ3v) is 12.0. The van der Waals surface area contributed by atoms with Gasteiger partial charge in [-0.1, -0.05) is 135 Å². The van der Waals surface area contributed by atoms with E-state index in [9.17, 15) is 0 Å². The van der Waals surface area contributed by atoms with Crippen molar-refractivity contribution < 1.29 is 0 Å². The Morgan fingerprint density at radius 2 is 1.04 bits per heavy atom. The summed E-state index contributed by atoms with van der Waals surface area (Å²) in [5, 5.41) is 5.13. The molecule has 1 aromatic heterocycles. The molecule has 1 aliphatic carbocycles. The van der Waals surface area contributed by atoms with Gasteiger partial charge in [0.25, 0.3) is 0 Å². The summed E-state index contributed by atoms with van der Waals surface area (Å²) in [6, 6.07) is 64.9. The number of benzene rings is 8. The zero-order chi connectivity index (χ0) is 34.1. The fourth-order valence-electron chi connectivity index (χ4n) is 8.18. The minimum Gasteiger partial charge on any atom is -0.310 e. The first-order valence-electron chi connectivity index (χ1n) is 17.7. The van der Waals surface area contributed by atoms with Crippen LogP contribution in [-0.4, -0.2) is 0 Å². The molecular formula is C49H35NS. The van der Waals surface area contributed by atoms with Crippen LogP contribution in [0.4, 0.5) is 17.1 Å². The van der Waals surface area contributed by atoms with Crippen LogP contribution in [-0.2, 0) is 5.41 Å². The molecule has 1 nitrogen and oxygen atoms in total. The molecule has 1 heterocycles. The Hall–Kier alpha value is -5.96. The van der Waals surface area contributed by atoms with Gasteiger partial charge in [0.05, 0.1) is 0 Å². The Balaban J connectivity index is 1.08. The Morgan fingerprint density at radius 1 is 0.392 bits per heavy atom. The summed E-state index contributed by atoms with van der Waals surface area (Å²) in [7, 11) is 0. The molecule has 0 amide bonds. The molecule has 0 radical (unpaired) electrons. The van der Waals surface area contributed by atoms with Crippen LogP contribution in [0.15, 0.2) is 176 Å². The number of fused-ring (bicyclic) bond motifs is 7. The molecule has 0 aliphatic heterocycles. The van der Waals surface area contributed by atoms with E-state index in [4.69, 9.17) is 0 Å². The zero-order valence-electron chi connectivity index (χ0n) is 28.6. The van der Waals surface area contributed by atoms with Gasteiger partial charge in [0.15, 0.2) is 0 Å². The summed E-state index contributed by atoms with van der Waals surface area (Å²) in [6.07, 6.45) is 0. The van der Waals surface area contributed by atoms with Crippen LogP contribution in [0.1, 0.15) is 25.0 Å². The second-order valence-electron chi connectivity index (χ2n) is 14.2. The Labute approximate surface area is 302 Å². The lowest BCUT2D eigenvalue weighted by atomic mass is 9.81. The standard InChI is InChI=1S/C49H35NS/c1-49(2)45-16-7-5-14-41(45)42-26-22-37(30-46(42)49)33-20-23-38(24-21-33)50(40-25-27-44-43-15-6-8-17-47(43)51-48(44)31-40)39-13-9-12-35(29-39)36-19-18-32-10-3-4-11-34(32)28-36/h3-31H,1-2H3. The van der Waals surface area contributed by atoms with Gasteiger partial charge < -0.3 is 4.90 Å². The summed E-state index contributed by atoms with van der Waals surface area (Å²) in [6.45, 7) is 4.70. The van der Waals surface area contributed by atoms with Crippen molar-refractivity contribution in [2.24, 2.45) is 0 Å². The highest BCUT2D eigenvalue weighted by Gasteiger charge is 2.35. The summed E-state index contributed by atoms with van der Waals surface area (Å²) >= 11 is 1.86. The summed E-state index contributed by atoms with van der Waals surface area (Å²) in [5.74, 6) is 0. The van der Waals surface area contributed by atoms with Crippen LogP contribution in [0.25, 0.3) is 64.3 Å². The first-order chi connectivity index (χ1) is 25.0. The molecule has 0 saturated heterocycles. The van der Waals surface area contributed by atoms with Crippen molar-refractivity contribution in [2.75, 3.05) is 4.90 Å². The minimum atomic E-state index is -0.0278. The molecule has 10 rings (SSSR count). The van der Waals surface area contributed by atoms with E-state index in [1.165, 1.54) is 75.5 Å². The number of hydrogen-bond donors (Lipinski definition) is 0. The molecule has 0 fully saturated rings. The van der Waals surface area contributed by atoms with E-state index in [1.807, 2.05) is 11.3 Å². The summed E-state index contributed by atoms with van der Waals surface area (Å²) in [4.78, 5) is 2.40. The predicted octanol–water partition coefficient (Wildman–Crippen LogP) is 14.3. The van der Waals surface area contributed by atoms with E-state index in [1.54, 1.807) is 0 Å². The molecule has 242 valence electrons. The molecule has 0 N–H and O–H groups in total. The predicted molar refractivity (Wildman–Crippen MR) is 220 cm³/mol. The maximum absolute atomic E-state index is 2.41. The maximum atomic E-state index is 2.41. The van der Waals surface area contributed by atoms with Crippen LogP contribution in [0.3, 0.4) is 0 Å². The Kier molecular flexibility index (Phi) is 6.78. The van der Waals surface area contributed by atoms with Gasteiger partial charge in [-0.3, -0.25) is 0 Å². The van der Waals surface area contributed by atoms with E-state index in [0.717, 1.165) is 17.1 Å². The SMILES string of the molecule is CC1(C)c2ccccc2-c2ccc(-c3ccc(N(c4cccc(-c5ccc6ccccc6c5)c4)c4ccc5c(c4)sc4ccccc45)cc3)cc21. The van der Waals surface area contributed by atoms with Crippen molar-refractivity contribution in [1.29, 1.82) is 0 Å². The first kappa shape index (κ1) is 29.9. The molecular weight excluding hydrogens is 635 g/mol. The molecule has 0 spiro atoms. The summed E-state index contributed by atoms with van der Waals surface area (Å²) < 4.78 is 2.61. The number of nitrogens with zero attached hydrogens (tertiary/aromatic N) is 1. The van der Waals surface area contributed by atoms with Crippen molar-refractivity contribution in [3.05, 3.63) is 187 Å². The smallest absolute Gasteiger partial charge is 0.0476 e.